The molecule has 0 aliphatic heterocycles. The maximum atomic E-state index is 11.9. The summed E-state index contributed by atoms with van der Waals surface area (Å²) >= 11 is 0. The number of carbonyl (C=O) groups is 1. The van der Waals surface area contributed by atoms with Gasteiger partial charge in [-0.25, -0.2) is 4.98 Å². The highest BCUT2D eigenvalue weighted by Crippen LogP contribution is 2.17. The van der Waals surface area contributed by atoms with Crippen molar-refractivity contribution in [3.63, 3.8) is 0 Å². The van der Waals surface area contributed by atoms with Crippen molar-refractivity contribution in [1.82, 2.24) is 15.6 Å². The molecule has 1 amide bonds. The number of carbonyl (C=O) groups excluding carboxylic acids is 1. The summed E-state index contributed by atoms with van der Waals surface area (Å²) in [7, 11) is 0. The zero-order chi connectivity index (χ0) is 15.8. The van der Waals surface area contributed by atoms with E-state index in [-0.39, 0.29) is 11.9 Å². The molecular weight excluding hydrogens is 264 g/mol. The molecule has 5 heteroatoms. The van der Waals surface area contributed by atoms with Gasteiger partial charge < -0.3 is 15.5 Å². The van der Waals surface area contributed by atoms with Gasteiger partial charge >= 0.3 is 0 Å². The Morgan fingerprint density at radius 3 is 2.62 bits per heavy atom. The van der Waals surface area contributed by atoms with Gasteiger partial charge in [-0.05, 0) is 51.4 Å². The Morgan fingerprint density at radius 2 is 2.10 bits per heavy atom. The first kappa shape index (κ1) is 17.4. The third-order valence-corrected chi connectivity index (χ3v) is 3.15. The minimum Gasteiger partial charge on any atom is -0.352 e. The van der Waals surface area contributed by atoms with Gasteiger partial charge in [0.05, 0.1) is 6.54 Å². The van der Waals surface area contributed by atoms with Crippen LogP contribution in [0.15, 0.2) is 12.3 Å². The maximum absolute atomic E-state index is 11.9. The Balaban J connectivity index is 2.78. The number of nitrogens with one attached hydrogen (secondary N) is 2. The van der Waals surface area contributed by atoms with E-state index < -0.39 is 0 Å². The van der Waals surface area contributed by atoms with E-state index in [1.165, 1.54) is 5.56 Å². The van der Waals surface area contributed by atoms with Gasteiger partial charge in [0.15, 0.2) is 0 Å². The third-order valence-electron chi connectivity index (χ3n) is 3.15. The number of amides is 1. The van der Waals surface area contributed by atoms with Gasteiger partial charge in [0.25, 0.3) is 0 Å². The van der Waals surface area contributed by atoms with Gasteiger partial charge in [-0.15, -0.1) is 0 Å². The Hall–Kier alpha value is -1.62. The van der Waals surface area contributed by atoms with Crippen LogP contribution in [-0.2, 0) is 11.3 Å². The van der Waals surface area contributed by atoms with Gasteiger partial charge in [0, 0.05) is 25.3 Å². The Kier molecular flexibility index (Phi) is 7.15. The quantitative estimate of drug-likeness (QED) is 0.768. The van der Waals surface area contributed by atoms with E-state index in [1.54, 1.807) is 0 Å². The minimum atomic E-state index is 0.0322. The molecule has 1 aromatic heterocycles. The molecule has 0 atom stereocenters. The van der Waals surface area contributed by atoms with E-state index >= 15 is 0 Å². The number of aromatic nitrogens is 1. The van der Waals surface area contributed by atoms with Crippen LogP contribution in [0.5, 0.6) is 0 Å². The van der Waals surface area contributed by atoms with Crippen molar-refractivity contribution in [3.05, 3.63) is 23.4 Å². The molecule has 0 bridgehead atoms. The largest absolute Gasteiger partial charge is 0.352 e. The van der Waals surface area contributed by atoms with Crippen LogP contribution in [0.3, 0.4) is 0 Å². The lowest BCUT2D eigenvalue weighted by atomic mass is 10.2. The zero-order valence-corrected chi connectivity index (χ0v) is 13.9. The number of nitrogens with zero attached hydrogens (tertiary/aromatic N) is 2. The molecule has 1 aromatic rings. The average Bonchev–Trinajstić information content (AvgIpc) is 2.42. The second-order valence-corrected chi connectivity index (χ2v) is 5.50. The molecule has 5 nitrogen and oxygen atoms in total. The molecule has 0 aromatic carbocycles. The van der Waals surface area contributed by atoms with Gasteiger partial charge in [0.2, 0.25) is 5.91 Å². The fourth-order valence-corrected chi connectivity index (χ4v) is 2.20. The summed E-state index contributed by atoms with van der Waals surface area (Å²) in [5.41, 5.74) is 2.27. The fraction of sp³-hybridized carbons (Fsp3) is 0.625. The minimum absolute atomic E-state index is 0.0322. The van der Waals surface area contributed by atoms with Crippen LogP contribution >= 0.6 is 0 Å². The molecule has 2 N–H and O–H groups in total. The molecule has 0 unspecified atom stereocenters. The lowest BCUT2D eigenvalue weighted by Gasteiger charge is -2.24. The highest BCUT2D eigenvalue weighted by molar-refractivity contribution is 5.81. The molecule has 0 aliphatic rings. The number of pyridine rings is 1. The van der Waals surface area contributed by atoms with Crippen molar-refractivity contribution in [3.8, 4) is 0 Å². The summed E-state index contributed by atoms with van der Waals surface area (Å²) in [4.78, 5) is 18.5. The van der Waals surface area contributed by atoms with Crippen LogP contribution in [0, 0.1) is 6.92 Å². The first-order valence-electron chi connectivity index (χ1n) is 7.68. The van der Waals surface area contributed by atoms with Gasteiger partial charge in [0.1, 0.15) is 5.82 Å². The lowest BCUT2D eigenvalue weighted by molar-refractivity contribution is -0.120. The summed E-state index contributed by atoms with van der Waals surface area (Å²) in [6, 6.07) is 2.29. The van der Waals surface area contributed by atoms with Crippen LogP contribution in [0.1, 0.15) is 38.8 Å². The number of hydrogen-bond acceptors (Lipinski definition) is 4. The molecule has 118 valence electrons. The molecule has 0 saturated heterocycles. The first-order valence-corrected chi connectivity index (χ1v) is 7.68. The molecule has 0 spiro atoms. The van der Waals surface area contributed by atoms with Crippen molar-refractivity contribution in [2.45, 2.75) is 47.2 Å². The van der Waals surface area contributed by atoms with Crippen molar-refractivity contribution in [2.24, 2.45) is 0 Å². The average molecular weight is 292 g/mol. The third kappa shape index (κ3) is 5.71. The number of rotatable bonds is 8. The summed E-state index contributed by atoms with van der Waals surface area (Å²) in [5.74, 6) is 0.918. The summed E-state index contributed by atoms with van der Waals surface area (Å²) in [6.07, 6.45) is 1.88. The molecule has 1 heterocycles. The van der Waals surface area contributed by atoms with E-state index in [1.807, 2.05) is 38.8 Å². The zero-order valence-electron chi connectivity index (χ0n) is 13.9. The van der Waals surface area contributed by atoms with Crippen molar-refractivity contribution in [2.75, 3.05) is 24.5 Å². The predicted molar refractivity (Wildman–Crippen MR) is 87.5 cm³/mol. The molecule has 1 rings (SSSR count). The SMILES string of the molecule is CCNCc1cnc(N(CC)CC(=O)NC(C)C)c(C)c1. The van der Waals surface area contributed by atoms with Crippen molar-refractivity contribution in [1.29, 1.82) is 0 Å². The Bertz CT molecular complexity index is 460. The molecule has 0 saturated carbocycles. The van der Waals surface area contributed by atoms with Crippen molar-refractivity contribution < 1.29 is 4.79 Å². The van der Waals surface area contributed by atoms with Gasteiger partial charge in [-0.2, -0.15) is 0 Å². The second-order valence-electron chi connectivity index (χ2n) is 5.50. The van der Waals surface area contributed by atoms with E-state index in [0.29, 0.717) is 6.54 Å². The molecule has 0 fully saturated rings. The molecule has 21 heavy (non-hydrogen) atoms. The smallest absolute Gasteiger partial charge is 0.239 e. The number of hydrogen-bond donors (Lipinski definition) is 2. The van der Waals surface area contributed by atoms with Crippen LogP contribution in [-0.4, -0.2) is 36.6 Å². The number of likely N-dealkylation sites (N-methyl/N-ethyl adjacent to an activating group) is 1. The summed E-state index contributed by atoms with van der Waals surface area (Å²) in [6.45, 7) is 13.0. The van der Waals surface area contributed by atoms with Crippen LogP contribution in [0.4, 0.5) is 5.82 Å². The summed E-state index contributed by atoms with van der Waals surface area (Å²) < 4.78 is 0. The monoisotopic (exact) mass is 292 g/mol. The van der Waals surface area contributed by atoms with Crippen LogP contribution in [0.2, 0.25) is 0 Å². The Labute approximate surface area is 128 Å². The predicted octanol–water partition coefficient (Wildman–Crippen LogP) is 1.85. The highest BCUT2D eigenvalue weighted by Gasteiger charge is 2.14. The van der Waals surface area contributed by atoms with E-state index in [4.69, 9.17) is 0 Å². The second kappa shape index (κ2) is 8.62. The van der Waals surface area contributed by atoms with Gasteiger partial charge in [-0.3, -0.25) is 4.79 Å². The molecular formula is C16H28N4O. The topological polar surface area (TPSA) is 57.3 Å². The lowest BCUT2D eigenvalue weighted by Crippen LogP contribution is -2.40. The highest BCUT2D eigenvalue weighted by atomic mass is 16.2. The normalized spacial score (nSPS) is 10.8. The van der Waals surface area contributed by atoms with E-state index in [0.717, 1.165) is 31.0 Å². The fourth-order valence-electron chi connectivity index (χ4n) is 2.20. The number of aryl methyl sites for hydroxylation is 1. The maximum Gasteiger partial charge on any atom is 0.239 e. The summed E-state index contributed by atoms with van der Waals surface area (Å²) in [5, 5.41) is 6.21. The number of anilines is 1. The molecule has 0 radical (unpaired) electrons. The van der Waals surface area contributed by atoms with Gasteiger partial charge in [-0.1, -0.05) is 6.92 Å². The van der Waals surface area contributed by atoms with Crippen LogP contribution < -0.4 is 15.5 Å². The first-order chi connectivity index (χ1) is 9.97. The van der Waals surface area contributed by atoms with E-state index in [9.17, 15) is 4.79 Å². The Morgan fingerprint density at radius 1 is 1.38 bits per heavy atom. The van der Waals surface area contributed by atoms with Crippen LogP contribution in [0.25, 0.3) is 0 Å². The van der Waals surface area contributed by atoms with Crippen molar-refractivity contribution >= 4 is 11.7 Å². The molecule has 0 aliphatic carbocycles. The van der Waals surface area contributed by atoms with E-state index in [2.05, 4.69) is 28.6 Å². The standard InChI is InChI=1S/C16H28N4O/c1-6-17-9-14-8-13(5)16(18-10-14)20(7-2)11-15(21)19-12(3)4/h8,10,12,17H,6-7,9,11H2,1-5H3,(H,19,21).